The molecule has 0 aliphatic heterocycles. The molecule has 1 N–H and O–H groups in total. The largest absolute Gasteiger partial charge is 0.323 e. The molecule has 4 nitrogen and oxygen atoms in total. The van der Waals surface area contributed by atoms with Crippen molar-refractivity contribution in [3.05, 3.63) is 65.5 Å². The van der Waals surface area contributed by atoms with Crippen LogP contribution in [0.3, 0.4) is 0 Å². The molecule has 2 aromatic carbocycles. The van der Waals surface area contributed by atoms with Gasteiger partial charge in [-0.25, -0.2) is 4.39 Å². The first-order valence-electron chi connectivity index (χ1n) is 6.11. The highest BCUT2D eigenvalue weighted by Gasteiger charge is 2.21. The summed E-state index contributed by atoms with van der Waals surface area (Å²) in [6, 6.07) is 16.1. The van der Waals surface area contributed by atoms with E-state index in [1.54, 1.807) is 36.4 Å². The molecule has 1 amide bonds. The lowest BCUT2D eigenvalue weighted by Gasteiger charge is -2.11. The number of carbonyl (C=O) groups excluding carboxylic acids is 1. The van der Waals surface area contributed by atoms with Gasteiger partial charge < -0.3 is 5.32 Å². The highest BCUT2D eigenvalue weighted by atomic mass is 19.1. The van der Waals surface area contributed by atoms with Crippen molar-refractivity contribution >= 4 is 11.6 Å². The molecule has 2 rings (SSSR count). The predicted molar refractivity (Wildman–Crippen MR) is 74.5 cm³/mol. The number of nitriles is 2. The van der Waals surface area contributed by atoms with Gasteiger partial charge in [0, 0.05) is 0 Å². The summed E-state index contributed by atoms with van der Waals surface area (Å²) in [6.07, 6.45) is 0. The van der Waals surface area contributed by atoms with Gasteiger partial charge in [0.2, 0.25) is 5.91 Å². The Kier molecular flexibility index (Phi) is 4.28. The van der Waals surface area contributed by atoms with Crippen LogP contribution in [-0.4, -0.2) is 5.91 Å². The molecule has 21 heavy (non-hydrogen) atoms. The third-order valence-corrected chi connectivity index (χ3v) is 2.91. The number of halogens is 1. The van der Waals surface area contributed by atoms with E-state index in [1.165, 1.54) is 12.1 Å². The zero-order valence-corrected chi connectivity index (χ0v) is 10.9. The maximum absolute atomic E-state index is 13.5. The van der Waals surface area contributed by atoms with E-state index in [0.29, 0.717) is 5.56 Å². The maximum Gasteiger partial charge on any atom is 0.246 e. The number of carbonyl (C=O) groups is 1. The lowest BCUT2D eigenvalue weighted by molar-refractivity contribution is -0.116. The second-order valence-electron chi connectivity index (χ2n) is 4.24. The van der Waals surface area contributed by atoms with E-state index in [4.69, 9.17) is 10.5 Å². The molecule has 0 saturated heterocycles. The average Bonchev–Trinajstić information content (AvgIpc) is 2.49. The van der Waals surface area contributed by atoms with Crippen molar-refractivity contribution in [3.63, 3.8) is 0 Å². The molecule has 0 heterocycles. The lowest BCUT2D eigenvalue weighted by Crippen LogP contribution is -2.20. The van der Waals surface area contributed by atoms with Crippen molar-refractivity contribution in [3.8, 4) is 12.1 Å². The van der Waals surface area contributed by atoms with Gasteiger partial charge in [-0.1, -0.05) is 36.4 Å². The van der Waals surface area contributed by atoms with Gasteiger partial charge in [-0.15, -0.1) is 0 Å². The fourth-order valence-electron chi connectivity index (χ4n) is 1.88. The van der Waals surface area contributed by atoms with Crippen LogP contribution < -0.4 is 5.32 Å². The normalized spacial score (nSPS) is 11.0. The molecule has 5 heteroatoms. The Bertz CT molecular complexity index is 744. The van der Waals surface area contributed by atoms with Crippen molar-refractivity contribution in [1.29, 1.82) is 10.5 Å². The number of nitrogens with one attached hydrogen (secondary N) is 1. The van der Waals surface area contributed by atoms with Crippen LogP contribution >= 0.6 is 0 Å². The van der Waals surface area contributed by atoms with Crippen molar-refractivity contribution < 1.29 is 9.18 Å². The highest BCUT2D eigenvalue weighted by molar-refractivity contribution is 5.98. The minimum Gasteiger partial charge on any atom is -0.323 e. The van der Waals surface area contributed by atoms with Crippen LogP contribution in [-0.2, 0) is 4.79 Å². The molecular weight excluding hydrogens is 269 g/mol. The zero-order valence-electron chi connectivity index (χ0n) is 10.9. The summed E-state index contributed by atoms with van der Waals surface area (Å²) < 4.78 is 13.5. The second kappa shape index (κ2) is 6.31. The van der Waals surface area contributed by atoms with Gasteiger partial charge >= 0.3 is 0 Å². The second-order valence-corrected chi connectivity index (χ2v) is 4.24. The molecular formula is C16H10FN3O. The topological polar surface area (TPSA) is 76.7 Å². The predicted octanol–water partition coefficient (Wildman–Crippen LogP) is 2.94. The van der Waals surface area contributed by atoms with E-state index >= 15 is 0 Å². The van der Waals surface area contributed by atoms with Gasteiger partial charge in [-0.3, -0.25) is 4.79 Å². The summed E-state index contributed by atoms with van der Waals surface area (Å²) in [5, 5.41) is 20.5. The average molecular weight is 279 g/mol. The Morgan fingerprint density at radius 3 is 2.43 bits per heavy atom. The Balaban J connectivity index is 2.28. The van der Waals surface area contributed by atoms with Crippen molar-refractivity contribution in [2.24, 2.45) is 0 Å². The SMILES string of the molecule is N#Cc1c(F)cccc1NC(=O)C(C#N)c1ccccc1. The third-order valence-electron chi connectivity index (χ3n) is 2.91. The first-order valence-corrected chi connectivity index (χ1v) is 6.11. The summed E-state index contributed by atoms with van der Waals surface area (Å²) >= 11 is 0. The summed E-state index contributed by atoms with van der Waals surface area (Å²) in [7, 11) is 0. The van der Waals surface area contributed by atoms with Crippen molar-refractivity contribution in [1.82, 2.24) is 0 Å². The molecule has 0 aromatic heterocycles. The van der Waals surface area contributed by atoms with Gasteiger partial charge in [0.05, 0.1) is 11.8 Å². The number of benzene rings is 2. The molecule has 2 aromatic rings. The van der Waals surface area contributed by atoms with Crippen LogP contribution in [0, 0.1) is 28.5 Å². The van der Waals surface area contributed by atoms with E-state index in [-0.39, 0.29) is 11.3 Å². The minimum atomic E-state index is -1.03. The molecule has 0 saturated carbocycles. The van der Waals surface area contributed by atoms with E-state index in [0.717, 1.165) is 6.07 Å². The van der Waals surface area contributed by atoms with Crippen LogP contribution in [0.15, 0.2) is 48.5 Å². The van der Waals surface area contributed by atoms with Crippen LogP contribution in [0.5, 0.6) is 0 Å². The Morgan fingerprint density at radius 1 is 1.10 bits per heavy atom. The first kappa shape index (κ1) is 14.2. The smallest absolute Gasteiger partial charge is 0.246 e. The van der Waals surface area contributed by atoms with E-state index in [1.807, 2.05) is 6.07 Å². The lowest BCUT2D eigenvalue weighted by atomic mass is 9.99. The monoisotopic (exact) mass is 279 g/mol. The van der Waals surface area contributed by atoms with Crippen LogP contribution in [0.25, 0.3) is 0 Å². The Labute approximate surface area is 121 Å². The Hall–Kier alpha value is -3.18. The fourth-order valence-corrected chi connectivity index (χ4v) is 1.88. The number of rotatable bonds is 3. The third kappa shape index (κ3) is 3.05. The molecule has 0 bridgehead atoms. The van der Waals surface area contributed by atoms with Gasteiger partial charge in [-0.2, -0.15) is 10.5 Å². The van der Waals surface area contributed by atoms with Crippen LogP contribution in [0.2, 0.25) is 0 Å². The molecule has 102 valence electrons. The van der Waals surface area contributed by atoms with Gasteiger partial charge in [0.15, 0.2) is 5.92 Å². The highest BCUT2D eigenvalue weighted by Crippen LogP contribution is 2.21. The summed E-state index contributed by atoms with van der Waals surface area (Å²) in [5.41, 5.74) is 0.335. The summed E-state index contributed by atoms with van der Waals surface area (Å²) in [4.78, 5) is 12.2. The van der Waals surface area contributed by atoms with Crippen LogP contribution in [0.1, 0.15) is 17.0 Å². The quantitative estimate of drug-likeness (QED) is 0.938. The molecule has 1 unspecified atom stereocenters. The molecule has 0 fully saturated rings. The Morgan fingerprint density at radius 2 is 1.81 bits per heavy atom. The van der Waals surface area contributed by atoms with Crippen molar-refractivity contribution in [2.75, 3.05) is 5.32 Å². The number of hydrogen-bond donors (Lipinski definition) is 1. The summed E-state index contributed by atoms with van der Waals surface area (Å²) in [5.74, 6) is -2.35. The first-order chi connectivity index (χ1) is 10.2. The number of anilines is 1. The van der Waals surface area contributed by atoms with E-state index in [2.05, 4.69) is 5.32 Å². The number of hydrogen-bond acceptors (Lipinski definition) is 3. The summed E-state index contributed by atoms with van der Waals surface area (Å²) in [6.45, 7) is 0. The fraction of sp³-hybridized carbons (Fsp3) is 0.0625. The number of amides is 1. The van der Waals surface area contributed by atoms with Crippen LogP contribution in [0.4, 0.5) is 10.1 Å². The molecule has 0 spiro atoms. The molecule has 0 aliphatic carbocycles. The molecule has 0 radical (unpaired) electrons. The van der Waals surface area contributed by atoms with Gasteiger partial charge in [0.25, 0.3) is 0 Å². The minimum absolute atomic E-state index is 0.0543. The van der Waals surface area contributed by atoms with Crippen molar-refractivity contribution in [2.45, 2.75) is 5.92 Å². The number of nitrogens with zero attached hydrogens (tertiary/aromatic N) is 2. The van der Waals surface area contributed by atoms with Gasteiger partial charge in [-0.05, 0) is 17.7 Å². The zero-order chi connectivity index (χ0) is 15.2. The molecule has 1 atom stereocenters. The maximum atomic E-state index is 13.5. The molecule has 0 aliphatic rings. The standard InChI is InChI=1S/C16H10FN3O/c17-14-7-4-8-15(13(14)10-19)20-16(21)12(9-18)11-5-2-1-3-6-11/h1-8,12H,(H,20,21). The van der Waals surface area contributed by atoms with E-state index < -0.39 is 17.6 Å². The van der Waals surface area contributed by atoms with E-state index in [9.17, 15) is 9.18 Å². The van der Waals surface area contributed by atoms with Gasteiger partial charge in [0.1, 0.15) is 17.4 Å².